The number of ether oxygens (including phenoxy) is 3. The van der Waals surface area contributed by atoms with Gasteiger partial charge in [-0.1, -0.05) is 54.6 Å². The maximum Gasteiger partial charge on any atom is 0.323 e. The highest BCUT2D eigenvalue weighted by Gasteiger charge is 2.41. The Bertz CT molecular complexity index is 1310. The van der Waals surface area contributed by atoms with Crippen LogP contribution in [0.5, 0.6) is 11.5 Å². The molecule has 0 bridgehead atoms. The number of rotatable bonds is 6. The summed E-state index contributed by atoms with van der Waals surface area (Å²) < 4.78 is 16.4. The van der Waals surface area contributed by atoms with Gasteiger partial charge < -0.3 is 19.2 Å². The third-order valence-corrected chi connectivity index (χ3v) is 6.65. The zero-order valence-electron chi connectivity index (χ0n) is 19.6. The summed E-state index contributed by atoms with van der Waals surface area (Å²) in [5.41, 5.74) is 5.43. The Balaban J connectivity index is 1.73. The number of hydrogen-bond donors (Lipinski definition) is 1. The molecule has 0 saturated carbocycles. The molecule has 6 nitrogen and oxygen atoms in total. The Morgan fingerprint density at radius 1 is 0.941 bits per heavy atom. The van der Waals surface area contributed by atoms with E-state index in [1.165, 1.54) is 7.11 Å². The first-order valence-corrected chi connectivity index (χ1v) is 11.3. The Hall–Kier alpha value is -3.77. The second-order valence-corrected chi connectivity index (χ2v) is 8.48. The molecule has 0 spiro atoms. The molecule has 4 aromatic rings. The third kappa shape index (κ3) is 3.80. The molecule has 0 amide bonds. The van der Waals surface area contributed by atoms with Gasteiger partial charge in [0, 0.05) is 29.6 Å². The summed E-state index contributed by atoms with van der Waals surface area (Å²) in [6, 6.07) is 23.8. The van der Waals surface area contributed by atoms with Gasteiger partial charge in [-0.15, -0.1) is 0 Å². The van der Waals surface area contributed by atoms with Gasteiger partial charge in [-0.2, -0.15) is 0 Å². The Kier molecular flexibility index (Phi) is 5.99. The minimum absolute atomic E-state index is 0.208. The molecule has 2 atom stereocenters. The lowest BCUT2D eigenvalue weighted by molar-refractivity contribution is -0.148. The predicted octanol–water partition coefficient (Wildman–Crippen LogP) is 4.87. The van der Waals surface area contributed by atoms with Gasteiger partial charge in [0.05, 0.1) is 27.4 Å². The number of aromatic amines is 1. The van der Waals surface area contributed by atoms with Gasteiger partial charge in [-0.05, 0) is 34.9 Å². The van der Waals surface area contributed by atoms with Crippen molar-refractivity contribution in [3.8, 4) is 11.5 Å². The van der Waals surface area contributed by atoms with E-state index in [1.807, 2.05) is 48.5 Å². The number of carbonyl (C=O) groups is 1. The summed E-state index contributed by atoms with van der Waals surface area (Å²) in [6.07, 6.45) is 0.572. The topological polar surface area (TPSA) is 63.8 Å². The van der Waals surface area contributed by atoms with Crippen LogP contribution in [0, 0.1) is 0 Å². The average molecular weight is 457 g/mol. The summed E-state index contributed by atoms with van der Waals surface area (Å²) >= 11 is 0. The van der Waals surface area contributed by atoms with E-state index in [2.05, 4.69) is 34.1 Å². The highest BCUT2D eigenvalue weighted by molar-refractivity contribution is 5.87. The number of para-hydroxylation sites is 1. The fraction of sp³-hybridized carbons (Fsp3) is 0.250. The van der Waals surface area contributed by atoms with Crippen LogP contribution in [0.3, 0.4) is 0 Å². The van der Waals surface area contributed by atoms with E-state index in [1.54, 1.807) is 14.2 Å². The fourth-order valence-electron chi connectivity index (χ4n) is 5.06. The van der Waals surface area contributed by atoms with Crippen LogP contribution in [0.1, 0.15) is 28.4 Å². The molecule has 1 aromatic heterocycles. The van der Waals surface area contributed by atoms with E-state index in [0.29, 0.717) is 24.5 Å². The molecule has 5 rings (SSSR count). The van der Waals surface area contributed by atoms with E-state index in [0.717, 1.165) is 33.3 Å². The van der Waals surface area contributed by atoms with Crippen molar-refractivity contribution in [2.45, 2.75) is 25.0 Å². The van der Waals surface area contributed by atoms with Gasteiger partial charge in [-0.25, -0.2) is 0 Å². The van der Waals surface area contributed by atoms with Gasteiger partial charge >= 0.3 is 5.97 Å². The zero-order chi connectivity index (χ0) is 23.7. The molecule has 34 heavy (non-hydrogen) atoms. The van der Waals surface area contributed by atoms with Crippen LogP contribution in [0.4, 0.5) is 0 Å². The predicted molar refractivity (Wildman–Crippen MR) is 131 cm³/mol. The molecule has 2 heterocycles. The summed E-state index contributed by atoms with van der Waals surface area (Å²) in [7, 11) is 4.72. The third-order valence-electron chi connectivity index (χ3n) is 6.65. The van der Waals surface area contributed by atoms with E-state index in [9.17, 15) is 4.79 Å². The molecule has 0 saturated heterocycles. The summed E-state index contributed by atoms with van der Waals surface area (Å²) in [4.78, 5) is 19.0. The van der Waals surface area contributed by atoms with Crippen LogP contribution in [0.2, 0.25) is 0 Å². The molecule has 0 aliphatic carbocycles. The lowest BCUT2D eigenvalue weighted by Crippen LogP contribution is -2.48. The summed E-state index contributed by atoms with van der Waals surface area (Å²) in [5.74, 6) is 1.08. The van der Waals surface area contributed by atoms with E-state index in [-0.39, 0.29) is 12.0 Å². The molecule has 0 fully saturated rings. The largest absolute Gasteiger partial charge is 0.493 e. The Morgan fingerprint density at radius 3 is 2.41 bits per heavy atom. The number of methoxy groups -OCH3 is 3. The van der Waals surface area contributed by atoms with Crippen LogP contribution in [-0.2, 0) is 22.5 Å². The molecule has 0 unspecified atom stereocenters. The number of nitrogens with zero attached hydrogens (tertiary/aromatic N) is 1. The molecule has 174 valence electrons. The van der Waals surface area contributed by atoms with Gasteiger partial charge in [0.15, 0.2) is 11.5 Å². The molecule has 0 radical (unpaired) electrons. The number of H-pyrrole nitrogens is 1. The first kappa shape index (κ1) is 22.0. The quantitative estimate of drug-likeness (QED) is 0.419. The summed E-state index contributed by atoms with van der Waals surface area (Å²) in [5, 5.41) is 1.14. The van der Waals surface area contributed by atoms with Gasteiger partial charge in [0.1, 0.15) is 6.04 Å². The molecular formula is C28H28N2O4. The number of carbonyl (C=O) groups excluding carboxylic acids is 1. The first-order chi connectivity index (χ1) is 16.6. The minimum Gasteiger partial charge on any atom is -0.493 e. The van der Waals surface area contributed by atoms with E-state index in [4.69, 9.17) is 14.2 Å². The number of benzene rings is 3. The SMILES string of the molecule is COC(=O)[C@@H]1Cc2c([nH]c3ccccc23)[C@H](c2ccc(OC)c(OC)c2)N1Cc1ccccc1. The molecule has 1 aliphatic rings. The van der Waals surface area contributed by atoms with Crippen molar-refractivity contribution in [2.75, 3.05) is 21.3 Å². The zero-order valence-corrected chi connectivity index (χ0v) is 19.6. The normalized spacial score (nSPS) is 17.9. The first-order valence-electron chi connectivity index (χ1n) is 11.3. The number of nitrogens with one attached hydrogen (secondary N) is 1. The highest BCUT2D eigenvalue weighted by Crippen LogP contribution is 2.43. The van der Waals surface area contributed by atoms with Crippen molar-refractivity contribution in [3.63, 3.8) is 0 Å². The van der Waals surface area contributed by atoms with E-state index < -0.39 is 6.04 Å². The van der Waals surface area contributed by atoms with Crippen molar-refractivity contribution in [1.82, 2.24) is 9.88 Å². The van der Waals surface area contributed by atoms with Gasteiger partial charge in [-0.3, -0.25) is 9.69 Å². The Labute approximate surface area is 199 Å². The average Bonchev–Trinajstić information content (AvgIpc) is 3.26. The van der Waals surface area contributed by atoms with Crippen LogP contribution in [0.25, 0.3) is 10.9 Å². The van der Waals surface area contributed by atoms with Crippen LogP contribution < -0.4 is 9.47 Å². The number of hydrogen-bond acceptors (Lipinski definition) is 5. The van der Waals surface area contributed by atoms with Crippen LogP contribution in [0.15, 0.2) is 72.8 Å². The van der Waals surface area contributed by atoms with Crippen molar-refractivity contribution in [1.29, 1.82) is 0 Å². The molecule has 1 aliphatic heterocycles. The molecule has 1 N–H and O–H groups in total. The number of fused-ring (bicyclic) bond motifs is 3. The maximum absolute atomic E-state index is 13.1. The number of aromatic nitrogens is 1. The van der Waals surface area contributed by atoms with E-state index >= 15 is 0 Å². The molecule has 3 aromatic carbocycles. The van der Waals surface area contributed by atoms with Crippen molar-refractivity contribution in [3.05, 3.63) is 95.2 Å². The second-order valence-electron chi connectivity index (χ2n) is 8.48. The monoisotopic (exact) mass is 456 g/mol. The lowest BCUT2D eigenvalue weighted by Gasteiger charge is -2.41. The number of esters is 1. The van der Waals surface area contributed by atoms with Gasteiger partial charge in [0.2, 0.25) is 0 Å². The van der Waals surface area contributed by atoms with Crippen LogP contribution in [-0.4, -0.2) is 43.2 Å². The lowest BCUT2D eigenvalue weighted by atomic mass is 9.87. The van der Waals surface area contributed by atoms with Crippen LogP contribution >= 0.6 is 0 Å². The van der Waals surface area contributed by atoms with Crippen molar-refractivity contribution >= 4 is 16.9 Å². The smallest absolute Gasteiger partial charge is 0.323 e. The fourth-order valence-corrected chi connectivity index (χ4v) is 5.06. The van der Waals surface area contributed by atoms with Crippen molar-refractivity contribution in [2.24, 2.45) is 0 Å². The minimum atomic E-state index is -0.435. The molecular weight excluding hydrogens is 428 g/mol. The molecule has 6 heteroatoms. The Morgan fingerprint density at radius 2 is 1.68 bits per heavy atom. The summed E-state index contributed by atoms with van der Waals surface area (Å²) in [6.45, 7) is 0.592. The standard InChI is InChI=1S/C28H28N2O4/c1-32-24-14-13-19(15-25(24)33-2)27-26-21(20-11-7-8-12-22(20)29-26)16-23(28(31)34-3)30(27)17-18-9-5-4-6-10-18/h4-15,23,27,29H,16-17H2,1-3H3/t23-,27-/m0/s1. The maximum atomic E-state index is 13.1. The van der Waals surface area contributed by atoms with Crippen molar-refractivity contribution < 1.29 is 19.0 Å². The van der Waals surface area contributed by atoms with Gasteiger partial charge in [0.25, 0.3) is 0 Å². The highest BCUT2D eigenvalue weighted by atomic mass is 16.5. The second kappa shape index (κ2) is 9.23.